The number of halogens is 1. The summed E-state index contributed by atoms with van der Waals surface area (Å²) in [6.07, 6.45) is 2.41. The zero-order valence-corrected chi connectivity index (χ0v) is 12.2. The highest BCUT2D eigenvalue weighted by atomic mass is 79.9. The van der Waals surface area contributed by atoms with Crippen LogP contribution in [0.1, 0.15) is 19.8 Å². The van der Waals surface area contributed by atoms with Gasteiger partial charge in [0.05, 0.1) is 4.92 Å². The molecule has 1 rings (SSSR count). The van der Waals surface area contributed by atoms with Crippen molar-refractivity contribution in [2.24, 2.45) is 5.92 Å². The number of thioether (sulfide) groups is 1. The minimum Gasteiger partial charge on any atom is -0.258 e. The first-order chi connectivity index (χ1) is 8.17. The van der Waals surface area contributed by atoms with Gasteiger partial charge in [-0.25, -0.2) is 0 Å². The van der Waals surface area contributed by atoms with Crippen molar-refractivity contribution >= 4 is 33.4 Å². The quantitative estimate of drug-likeness (QED) is 0.322. The van der Waals surface area contributed by atoms with Gasteiger partial charge in [-0.2, -0.15) is 0 Å². The van der Waals surface area contributed by atoms with E-state index in [-0.39, 0.29) is 10.6 Å². The van der Waals surface area contributed by atoms with Crippen LogP contribution in [-0.2, 0) is 0 Å². The van der Waals surface area contributed by atoms with Crippen molar-refractivity contribution in [2.75, 3.05) is 11.1 Å². The third-order valence-electron chi connectivity index (χ3n) is 2.45. The van der Waals surface area contributed by atoms with E-state index in [2.05, 4.69) is 22.9 Å². The van der Waals surface area contributed by atoms with Crippen LogP contribution in [-0.4, -0.2) is 16.0 Å². The molecule has 3 nitrogen and oxygen atoms in total. The van der Waals surface area contributed by atoms with Crippen molar-refractivity contribution in [3.63, 3.8) is 0 Å². The first-order valence-electron chi connectivity index (χ1n) is 5.60. The second kappa shape index (κ2) is 7.71. The van der Waals surface area contributed by atoms with E-state index in [4.69, 9.17) is 0 Å². The van der Waals surface area contributed by atoms with E-state index in [1.54, 1.807) is 23.9 Å². The first kappa shape index (κ1) is 14.5. The number of nitro benzene ring substituents is 1. The lowest BCUT2D eigenvalue weighted by Crippen LogP contribution is -2.04. The molecule has 0 radical (unpaired) electrons. The molecule has 0 aliphatic rings. The first-order valence-corrected chi connectivity index (χ1v) is 7.71. The number of hydrogen-bond donors (Lipinski definition) is 0. The predicted molar refractivity (Wildman–Crippen MR) is 76.0 cm³/mol. The van der Waals surface area contributed by atoms with Gasteiger partial charge in [0.15, 0.2) is 0 Å². The largest absolute Gasteiger partial charge is 0.269 e. The highest BCUT2D eigenvalue weighted by molar-refractivity contribution is 9.09. The highest BCUT2D eigenvalue weighted by Gasteiger charge is 2.08. The van der Waals surface area contributed by atoms with E-state index in [1.807, 2.05) is 12.1 Å². The number of benzene rings is 1. The monoisotopic (exact) mass is 317 g/mol. The number of rotatable bonds is 7. The predicted octanol–water partition coefficient (Wildman–Crippen LogP) is 4.50. The van der Waals surface area contributed by atoms with Crippen LogP contribution < -0.4 is 0 Å². The third kappa shape index (κ3) is 5.08. The summed E-state index contributed by atoms with van der Waals surface area (Å²) in [4.78, 5) is 11.2. The Bertz CT molecular complexity index is 356. The summed E-state index contributed by atoms with van der Waals surface area (Å²) in [7, 11) is 0. The molecule has 0 amide bonds. The molecule has 0 saturated carbocycles. The molecule has 0 aliphatic heterocycles. The molecule has 0 bridgehead atoms. The van der Waals surface area contributed by atoms with Gasteiger partial charge in [0.25, 0.3) is 5.69 Å². The standard InChI is InChI=1S/C12H16BrNO2S/c1-2-3-10(8-13)9-17-12-6-4-11(5-7-12)14(15)16/h4-7,10H,2-3,8-9H2,1H3. The SMILES string of the molecule is CCCC(CBr)CSc1ccc([N+](=O)[O-])cc1. The molecule has 1 atom stereocenters. The Morgan fingerprint density at radius 1 is 1.41 bits per heavy atom. The molecule has 1 aromatic rings. The number of alkyl halides is 1. The fraction of sp³-hybridized carbons (Fsp3) is 0.500. The molecule has 0 N–H and O–H groups in total. The van der Waals surface area contributed by atoms with Gasteiger partial charge in [-0.1, -0.05) is 29.3 Å². The topological polar surface area (TPSA) is 43.1 Å². The molecule has 1 unspecified atom stereocenters. The normalized spacial score (nSPS) is 12.4. The number of nitrogens with zero attached hydrogens (tertiary/aromatic N) is 1. The molecule has 0 saturated heterocycles. The zero-order valence-electron chi connectivity index (χ0n) is 9.77. The van der Waals surface area contributed by atoms with Crippen molar-refractivity contribution in [1.29, 1.82) is 0 Å². The van der Waals surface area contributed by atoms with Crippen LogP contribution in [0, 0.1) is 16.0 Å². The minimum atomic E-state index is -0.368. The average Bonchev–Trinajstić information content (AvgIpc) is 2.35. The Morgan fingerprint density at radius 3 is 2.53 bits per heavy atom. The van der Waals surface area contributed by atoms with Crippen LogP contribution in [0.25, 0.3) is 0 Å². The summed E-state index contributed by atoms with van der Waals surface area (Å²) < 4.78 is 0. The lowest BCUT2D eigenvalue weighted by molar-refractivity contribution is -0.384. The summed E-state index contributed by atoms with van der Waals surface area (Å²) in [5.74, 6) is 1.72. The average molecular weight is 318 g/mol. The summed E-state index contributed by atoms with van der Waals surface area (Å²) in [5.41, 5.74) is 0.153. The molecule has 1 aromatic carbocycles. The molecule has 0 heterocycles. The second-order valence-corrected chi connectivity index (χ2v) is 5.61. The fourth-order valence-corrected chi connectivity index (χ4v) is 3.39. The van der Waals surface area contributed by atoms with Gasteiger partial charge in [-0.05, 0) is 24.5 Å². The molecule has 0 fully saturated rings. The molecular formula is C12H16BrNO2S. The van der Waals surface area contributed by atoms with E-state index >= 15 is 0 Å². The maximum atomic E-state index is 10.5. The van der Waals surface area contributed by atoms with Crippen molar-refractivity contribution in [1.82, 2.24) is 0 Å². The van der Waals surface area contributed by atoms with Gasteiger partial charge in [-0.15, -0.1) is 11.8 Å². The van der Waals surface area contributed by atoms with Crippen LogP contribution in [0.4, 0.5) is 5.69 Å². The molecule has 5 heteroatoms. The Morgan fingerprint density at radius 2 is 2.06 bits per heavy atom. The molecule has 0 spiro atoms. The zero-order chi connectivity index (χ0) is 12.7. The van der Waals surface area contributed by atoms with Crippen molar-refractivity contribution in [3.8, 4) is 0 Å². The Labute approximate surface area is 114 Å². The van der Waals surface area contributed by atoms with Gasteiger partial charge >= 0.3 is 0 Å². The Hall–Kier alpha value is -0.550. The molecule has 17 heavy (non-hydrogen) atoms. The van der Waals surface area contributed by atoms with Gasteiger partial charge in [0.2, 0.25) is 0 Å². The van der Waals surface area contributed by atoms with Crippen LogP contribution >= 0.6 is 27.7 Å². The lowest BCUT2D eigenvalue weighted by Gasteiger charge is -2.11. The summed E-state index contributed by atoms with van der Waals surface area (Å²) in [6.45, 7) is 2.19. The lowest BCUT2D eigenvalue weighted by atomic mass is 10.1. The van der Waals surface area contributed by atoms with Gasteiger partial charge in [-0.3, -0.25) is 10.1 Å². The van der Waals surface area contributed by atoms with Crippen LogP contribution in [0.2, 0.25) is 0 Å². The maximum Gasteiger partial charge on any atom is 0.269 e. The van der Waals surface area contributed by atoms with E-state index in [0.717, 1.165) is 16.0 Å². The van der Waals surface area contributed by atoms with Gasteiger partial charge < -0.3 is 0 Å². The van der Waals surface area contributed by atoms with E-state index in [9.17, 15) is 10.1 Å². The maximum absolute atomic E-state index is 10.5. The van der Waals surface area contributed by atoms with Crippen LogP contribution in [0.3, 0.4) is 0 Å². The summed E-state index contributed by atoms with van der Waals surface area (Å²) >= 11 is 5.28. The number of nitro groups is 1. The van der Waals surface area contributed by atoms with E-state index < -0.39 is 0 Å². The van der Waals surface area contributed by atoms with E-state index in [1.165, 1.54) is 12.8 Å². The van der Waals surface area contributed by atoms with Gasteiger partial charge in [0.1, 0.15) is 0 Å². The smallest absolute Gasteiger partial charge is 0.258 e. The van der Waals surface area contributed by atoms with E-state index in [0.29, 0.717) is 5.92 Å². The highest BCUT2D eigenvalue weighted by Crippen LogP contribution is 2.25. The van der Waals surface area contributed by atoms with Crippen LogP contribution in [0.5, 0.6) is 0 Å². The Kier molecular flexibility index (Phi) is 6.58. The van der Waals surface area contributed by atoms with Crippen molar-refractivity contribution in [2.45, 2.75) is 24.7 Å². The van der Waals surface area contributed by atoms with Gasteiger partial charge in [0, 0.05) is 28.1 Å². The number of hydrogen-bond acceptors (Lipinski definition) is 3. The molecular weight excluding hydrogens is 302 g/mol. The van der Waals surface area contributed by atoms with Crippen molar-refractivity contribution in [3.05, 3.63) is 34.4 Å². The van der Waals surface area contributed by atoms with Crippen molar-refractivity contribution < 1.29 is 4.92 Å². The summed E-state index contributed by atoms with van der Waals surface area (Å²) in [6, 6.07) is 6.76. The summed E-state index contributed by atoms with van der Waals surface area (Å²) in [5, 5.41) is 11.5. The molecule has 0 aromatic heterocycles. The minimum absolute atomic E-state index is 0.153. The number of non-ortho nitro benzene ring substituents is 1. The molecule has 94 valence electrons. The molecule has 0 aliphatic carbocycles. The second-order valence-electron chi connectivity index (χ2n) is 3.87. The Balaban J connectivity index is 2.48. The third-order valence-corrected chi connectivity index (χ3v) is 4.61. The fourth-order valence-electron chi connectivity index (χ4n) is 1.49. The van der Waals surface area contributed by atoms with Crippen LogP contribution in [0.15, 0.2) is 29.2 Å².